The summed E-state index contributed by atoms with van der Waals surface area (Å²) < 4.78 is 5.19. The van der Waals surface area contributed by atoms with E-state index in [1.165, 1.54) is 0 Å². The van der Waals surface area contributed by atoms with Crippen LogP contribution in [0.25, 0.3) is 0 Å². The van der Waals surface area contributed by atoms with E-state index < -0.39 is 0 Å². The molecule has 0 aromatic carbocycles. The third kappa shape index (κ3) is 3.38. The number of nitriles is 1. The van der Waals surface area contributed by atoms with E-state index in [-0.39, 0.29) is 5.91 Å². The average molecular weight is 325 g/mol. The van der Waals surface area contributed by atoms with Crippen molar-refractivity contribution in [2.45, 2.75) is 19.8 Å². The van der Waals surface area contributed by atoms with Crippen molar-refractivity contribution in [3.8, 4) is 6.07 Å². The first-order valence-electron chi connectivity index (χ1n) is 8.07. The van der Waals surface area contributed by atoms with Crippen molar-refractivity contribution in [1.29, 1.82) is 5.26 Å². The topological polar surface area (TPSA) is 86.3 Å². The predicted octanol–water partition coefficient (Wildman–Crippen LogP) is 1.86. The van der Waals surface area contributed by atoms with Crippen LogP contribution in [0, 0.1) is 11.3 Å². The van der Waals surface area contributed by atoms with Gasteiger partial charge in [0.15, 0.2) is 5.69 Å². The summed E-state index contributed by atoms with van der Waals surface area (Å²) in [5.74, 6) is 1.49. The maximum absolute atomic E-state index is 12.5. The fourth-order valence-electron chi connectivity index (χ4n) is 2.72. The van der Waals surface area contributed by atoms with E-state index in [0.29, 0.717) is 37.4 Å². The Morgan fingerprint density at radius 1 is 1.33 bits per heavy atom. The molecule has 7 nitrogen and oxygen atoms in total. The molecule has 0 bridgehead atoms. The van der Waals surface area contributed by atoms with E-state index in [0.717, 1.165) is 24.4 Å². The van der Waals surface area contributed by atoms with Crippen molar-refractivity contribution in [2.75, 3.05) is 31.1 Å². The maximum Gasteiger partial charge on any atom is 0.276 e. The Labute approximate surface area is 140 Å². The van der Waals surface area contributed by atoms with Gasteiger partial charge in [-0.1, -0.05) is 12.1 Å². The fourth-order valence-corrected chi connectivity index (χ4v) is 2.72. The second-order valence-electron chi connectivity index (χ2n) is 5.72. The second-order valence-corrected chi connectivity index (χ2v) is 5.72. The van der Waals surface area contributed by atoms with E-state index in [2.05, 4.69) is 28.0 Å². The average Bonchev–Trinajstić information content (AvgIpc) is 3.10. The van der Waals surface area contributed by atoms with Crippen LogP contribution < -0.4 is 4.90 Å². The lowest BCUT2D eigenvalue weighted by Crippen LogP contribution is -2.49. The Balaban J connectivity index is 1.59. The predicted molar refractivity (Wildman–Crippen MR) is 87.6 cm³/mol. The summed E-state index contributed by atoms with van der Waals surface area (Å²) in [4.78, 5) is 20.7. The molecule has 0 radical (unpaired) electrons. The monoisotopic (exact) mass is 325 g/mol. The zero-order chi connectivity index (χ0) is 16.9. The maximum atomic E-state index is 12.5. The summed E-state index contributed by atoms with van der Waals surface area (Å²) >= 11 is 0. The first-order valence-corrected chi connectivity index (χ1v) is 8.07. The molecule has 1 aliphatic rings. The number of piperazine rings is 1. The van der Waals surface area contributed by atoms with Gasteiger partial charge < -0.3 is 14.3 Å². The molecule has 1 amide bonds. The van der Waals surface area contributed by atoms with Crippen LogP contribution in [-0.4, -0.2) is 47.1 Å². The van der Waals surface area contributed by atoms with E-state index in [1.54, 1.807) is 23.2 Å². The molecule has 124 valence electrons. The van der Waals surface area contributed by atoms with E-state index in [1.807, 2.05) is 6.07 Å². The number of aryl methyl sites for hydroxylation is 1. The Kier molecular flexibility index (Phi) is 4.75. The quantitative estimate of drug-likeness (QED) is 0.853. The van der Waals surface area contributed by atoms with Gasteiger partial charge in [-0.25, -0.2) is 4.98 Å². The molecule has 1 fully saturated rings. The zero-order valence-electron chi connectivity index (χ0n) is 13.6. The van der Waals surface area contributed by atoms with E-state index in [4.69, 9.17) is 9.78 Å². The summed E-state index contributed by atoms with van der Waals surface area (Å²) in [6.07, 6.45) is 3.31. The molecule has 24 heavy (non-hydrogen) atoms. The van der Waals surface area contributed by atoms with Crippen molar-refractivity contribution in [1.82, 2.24) is 15.0 Å². The van der Waals surface area contributed by atoms with Crippen LogP contribution in [0.4, 0.5) is 5.82 Å². The fraction of sp³-hybridized carbons (Fsp3) is 0.412. The van der Waals surface area contributed by atoms with Gasteiger partial charge in [-0.15, -0.1) is 0 Å². The SMILES string of the molecule is CCCc1cc(C(=O)N2CCN(c3ccc(C#N)cn3)CC2)no1. The molecule has 0 unspecified atom stereocenters. The minimum absolute atomic E-state index is 0.0893. The largest absolute Gasteiger partial charge is 0.361 e. The molecule has 2 aromatic rings. The number of aromatic nitrogens is 2. The lowest BCUT2D eigenvalue weighted by molar-refractivity contribution is 0.0736. The summed E-state index contributed by atoms with van der Waals surface area (Å²) in [5, 5.41) is 12.7. The van der Waals surface area contributed by atoms with Gasteiger partial charge >= 0.3 is 0 Å². The first kappa shape index (κ1) is 16.0. The number of carbonyl (C=O) groups is 1. The molecule has 3 rings (SSSR count). The highest BCUT2D eigenvalue weighted by molar-refractivity contribution is 5.92. The van der Waals surface area contributed by atoms with E-state index >= 15 is 0 Å². The molecule has 0 saturated carbocycles. The Morgan fingerprint density at radius 3 is 2.75 bits per heavy atom. The minimum atomic E-state index is -0.0893. The molecule has 1 aliphatic heterocycles. The summed E-state index contributed by atoms with van der Waals surface area (Å²) in [5.41, 5.74) is 0.921. The van der Waals surface area contributed by atoms with E-state index in [9.17, 15) is 4.79 Å². The smallest absolute Gasteiger partial charge is 0.276 e. The zero-order valence-corrected chi connectivity index (χ0v) is 13.6. The molecule has 0 N–H and O–H groups in total. The van der Waals surface area contributed by atoms with Gasteiger partial charge in [-0.05, 0) is 18.6 Å². The van der Waals surface area contributed by atoms with Crippen LogP contribution in [0.1, 0.15) is 35.2 Å². The molecular formula is C17H19N5O2. The van der Waals surface area contributed by atoms with Crippen molar-refractivity contribution in [3.05, 3.63) is 41.4 Å². The van der Waals surface area contributed by atoms with Gasteiger partial charge in [0.25, 0.3) is 5.91 Å². The summed E-state index contributed by atoms with van der Waals surface area (Å²) in [6, 6.07) is 7.39. The molecule has 3 heterocycles. The molecule has 0 spiro atoms. The molecule has 7 heteroatoms. The van der Waals surface area contributed by atoms with Crippen molar-refractivity contribution >= 4 is 11.7 Å². The van der Waals surface area contributed by atoms with Gasteiger partial charge in [0.2, 0.25) is 0 Å². The standard InChI is InChI=1S/C17H19N5O2/c1-2-3-14-10-15(20-24-14)17(23)22-8-6-21(7-9-22)16-5-4-13(11-18)12-19-16/h4-5,10,12H,2-3,6-9H2,1H3. The number of amides is 1. The summed E-state index contributed by atoms with van der Waals surface area (Å²) in [7, 11) is 0. The number of hydrogen-bond donors (Lipinski definition) is 0. The molecular weight excluding hydrogens is 306 g/mol. The Hall–Kier alpha value is -2.88. The number of anilines is 1. The van der Waals surface area contributed by atoms with Crippen LogP contribution in [0.15, 0.2) is 28.9 Å². The van der Waals surface area contributed by atoms with Gasteiger partial charge in [-0.3, -0.25) is 4.79 Å². The number of nitrogens with zero attached hydrogens (tertiary/aromatic N) is 5. The number of rotatable bonds is 4. The third-order valence-electron chi connectivity index (χ3n) is 4.04. The lowest BCUT2D eigenvalue weighted by Gasteiger charge is -2.35. The molecule has 0 aliphatic carbocycles. The van der Waals surface area contributed by atoms with Gasteiger partial charge in [0.05, 0.1) is 5.56 Å². The lowest BCUT2D eigenvalue weighted by atomic mass is 10.2. The number of carbonyl (C=O) groups excluding carboxylic acids is 1. The van der Waals surface area contributed by atoms with Crippen LogP contribution in [-0.2, 0) is 6.42 Å². The van der Waals surface area contributed by atoms with Gasteiger partial charge in [0, 0.05) is 44.9 Å². The first-order chi connectivity index (χ1) is 11.7. The van der Waals surface area contributed by atoms with Crippen molar-refractivity contribution in [2.24, 2.45) is 0 Å². The van der Waals surface area contributed by atoms with Crippen molar-refractivity contribution in [3.63, 3.8) is 0 Å². The second kappa shape index (κ2) is 7.13. The third-order valence-corrected chi connectivity index (χ3v) is 4.04. The molecule has 2 aromatic heterocycles. The van der Waals surface area contributed by atoms with Gasteiger partial charge in [0.1, 0.15) is 17.6 Å². The number of pyridine rings is 1. The summed E-state index contributed by atoms with van der Waals surface area (Å²) in [6.45, 7) is 4.67. The normalized spacial score (nSPS) is 14.5. The van der Waals surface area contributed by atoms with Crippen LogP contribution in [0.3, 0.4) is 0 Å². The highest BCUT2D eigenvalue weighted by atomic mass is 16.5. The Morgan fingerprint density at radius 2 is 2.12 bits per heavy atom. The Bertz CT molecular complexity index is 739. The van der Waals surface area contributed by atoms with Crippen LogP contribution in [0.5, 0.6) is 0 Å². The van der Waals surface area contributed by atoms with Gasteiger partial charge in [-0.2, -0.15) is 5.26 Å². The molecule has 1 saturated heterocycles. The highest BCUT2D eigenvalue weighted by Crippen LogP contribution is 2.16. The minimum Gasteiger partial charge on any atom is -0.361 e. The highest BCUT2D eigenvalue weighted by Gasteiger charge is 2.25. The molecule has 0 atom stereocenters. The van der Waals surface area contributed by atoms with Crippen LogP contribution in [0.2, 0.25) is 0 Å². The van der Waals surface area contributed by atoms with Crippen molar-refractivity contribution < 1.29 is 9.32 Å². The number of hydrogen-bond acceptors (Lipinski definition) is 6. The van der Waals surface area contributed by atoms with Crippen LogP contribution >= 0.6 is 0 Å².